The second kappa shape index (κ2) is 10.8. The van der Waals surface area contributed by atoms with Crippen LogP contribution >= 0.6 is 30.6 Å². The van der Waals surface area contributed by atoms with E-state index >= 15 is 0 Å². The minimum atomic E-state index is -0.745. The van der Waals surface area contributed by atoms with Gasteiger partial charge in [-0.2, -0.15) is 0 Å². The van der Waals surface area contributed by atoms with Gasteiger partial charge in [0.05, 0.1) is 20.6 Å². The number of hydrogen-bond acceptors (Lipinski definition) is 4. The molecule has 5 aromatic rings. The van der Waals surface area contributed by atoms with Crippen LogP contribution in [0.15, 0.2) is 77.5 Å². The van der Waals surface area contributed by atoms with Gasteiger partial charge in [0.15, 0.2) is 0 Å². The SMILES string of the molecule is Cc1cc(C)c(Nc2ccsc2P(c2ccccc2)c2sccc2Nc2c(C)cc(C)cc2C)c(C)c1. The molecule has 0 bridgehead atoms. The molecule has 0 atom stereocenters. The van der Waals surface area contributed by atoms with E-state index in [9.17, 15) is 0 Å². The second-order valence-electron chi connectivity index (χ2n) is 9.75. The van der Waals surface area contributed by atoms with Gasteiger partial charge in [-0.05, 0) is 92.0 Å². The highest BCUT2D eigenvalue weighted by atomic mass is 32.1. The number of thiophene rings is 2. The van der Waals surface area contributed by atoms with Crippen molar-refractivity contribution in [3.05, 3.63) is 111 Å². The Morgan fingerprint density at radius 3 is 1.35 bits per heavy atom. The van der Waals surface area contributed by atoms with Crippen molar-refractivity contribution in [3.8, 4) is 0 Å². The van der Waals surface area contributed by atoms with Crippen molar-refractivity contribution in [1.82, 2.24) is 0 Å². The molecule has 37 heavy (non-hydrogen) atoms. The Balaban J connectivity index is 1.60. The fourth-order valence-electron chi connectivity index (χ4n) is 5.07. The van der Waals surface area contributed by atoms with Crippen LogP contribution in [0.1, 0.15) is 33.4 Å². The van der Waals surface area contributed by atoms with E-state index in [0.717, 1.165) is 0 Å². The van der Waals surface area contributed by atoms with Crippen molar-refractivity contribution in [1.29, 1.82) is 0 Å². The van der Waals surface area contributed by atoms with Crippen molar-refractivity contribution < 1.29 is 0 Å². The Bertz CT molecular complexity index is 1400. The Morgan fingerprint density at radius 2 is 0.946 bits per heavy atom. The summed E-state index contributed by atoms with van der Waals surface area (Å²) >= 11 is 3.71. The van der Waals surface area contributed by atoms with Crippen molar-refractivity contribution in [2.45, 2.75) is 41.5 Å². The molecule has 0 aliphatic heterocycles. The standard InChI is InChI=1S/C32H33N2PS2/c1-20-16-22(3)29(23(4)17-20)33-27-12-14-36-31(27)35(26-10-8-7-9-11-26)32-28(13-15-37-32)34-30-24(5)18-21(2)19-25(30)6/h7-19,33-34H,1-6H3. The molecule has 2 nitrogen and oxygen atoms in total. The highest BCUT2D eigenvalue weighted by Gasteiger charge is 2.26. The van der Waals surface area contributed by atoms with Crippen molar-refractivity contribution in [3.63, 3.8) is 0 Å². The molecule has 0 unspecified atom stereocenters. The zero-order valence-corrected chi connectivity index (χ0v) is 24.8. The molecule has 188 valence electrons. The van der Waals surface area contributed by atoms with E-state index in [0.29, 0.717) is 0 Å². The average molecular weight is 541 g/mol. The molecule has 0 radical (unpaired) electrons. The lowest BCUT2D eigenvalue weighted by atomic mass is 10.1. The molecule has 0 fully saturated rings. The summed E-state index contributed by atoms with van der Waals surface area (Å²) in [6.07, 6.45) is 0. The molecule has 2 aromatic heterocycles. The summed E-state index contributed by atoms with van der Waals surface area (Å²) in [7, 11) is -0.745. The van der Waals surface area contributed by atoms with E-state index in [1.165, 1.54) is 70.7 Å². The molecule has 2 heterocycles. The third-order valence-electron chi connectivity index (χ3n) is 6.58. The largest absolute Gasteiger partial charge is 0.354 e. The Kier molecular flexibility index (Phi) is 7.53. The maximum Gasteiger partial charge on any atom is 0.0611 e. The zero-order chi connectivity index (χ0) is 26.1. The van der Waals surface area contributed by atoms with E-state index in [4.69, 9.17) is 0 Å². The number of anilines is 4. The summed E-state index contributed by atoms with van der Waals surface area (Å²) in [5.74, 6) is 0. The molecule has 0 saturated carbocycles. The molecular weight excluding hydrogens is 507 g/mol. The van der Waals surface area contributed by atoms with E-state index in [2.05, 4.69) is 130 Å². The molecule has 2 N–H and O–H groups in total. The summed E-state index contributed by atoms with van der Waals surface area (Å²) in [5.41, 5.74) is 12.6. The maximum atomic E-state index is 3.83. The number of nitrogens with one attached hydrogen (secondary N) is 2. The smallest absolute Gasteiger partial charge is 0.0611 e. The van der Waals surface area contributed by atoms with Gasteiger partial charge in [0.25, 0.3) is 0 Å². The quantitative estimate of drug-likeness (QED) is 0.201. The van der Waals surface area contributed by atoms with Crippen LogP contribution in [0.4, 0.5) is 22.7 Å². The van der Waals surface area contributed by atoms with E-state index in [-0.39, 0.29) is 0 Å². The van der Waals surface area contributed by atoms with Gasteiger partial charge >= 0.3 is 0 Å². The molecule has 0 aliphatic carbocycles. The van der Waals surface area contributed by atoms with Crippen LogP contribution in [0.5, 0.6) is 0 Å². The summed E-state index contributed by atoms with van der Waals surface area (Å²) in [5, 5.41) is 13.5. The first-order valence-electron chi connectivity index (χ1n) is 12.5. The van der Waals surface area contributed by atoms with Gasteiger partial charge in [-0.25, -0.2) is 0 Å². The number of hydrogen-bond donors (Lipinski definition) is 2. The van der Waals surface area contributed by atoms with Crippen LogP contribution in [-0.4, -0.2) is 0 Å². The molecule has 0 saturated heterocycles. The van der Waals surface area contributed by atoms with Crippen LogP contribution in [0.2, 0.25) is 0 Å². The summed E-state index contributed by atoms with van der Waals surface area (Å²) < 4.78 is 2.78. The molecule has 3 aromatic carbocycles. The van der Waals surface area contributed by atoms with Crippen LogP contribution < -0.4 is 25.2 Å². The lowest BCUT2D eigenvalue weighted by Gasteiger charge is -2.22. The predicted molar refractivity (Wildman–Crippen MR) is 169 cm³/mol. The van der Waals surface area contributed by atoms with Gasteiger partial charge in [-0.1, -0.05) is 65.7 Å². The Hall–Kier alpha value is -2.91. The van der Waals surface area contributed by atoms with Gasteiger partial charge < -0.3 is 10.6 Å². The van der Waals surface area contributed by atoms with Crippen LogP contribution in [-0.2, 0) is 0 Å². The molecule has 0 spiro atoms. The van der Waals surface area contributed by atoms with Crippen LogP contribution in [0, 0.1) is 41.5 Å². The minimum absolute atomic E-state index is 0.745. The third-order valence-corrected chi connectivity index (χ3v) is 11.9. The predicted octanol–water partition coefficient (Wildman–Crippen LogP) is 8.91. The maximum absolute atomic E-state index is 3.83. The number of benzene rings is 3. The third kappa shape index (κ3) is 5.38. The van der Waals surface area contributed by atoms with E-state index in [1.807, 2.05) is 22.7 Å². The molecule has 0 aliphatic rings. The Labute approximate surface area is 230 Å². The average Bonchev–Trinajstić information content (AvgIpc) is 3.49. The fourth-order valence-corrected chi connectivity index (χ4v) is 10.7. The van der Waals surface area contributed by atoms with Crippen molar-refractivity contribution >= 4 is 67.9 Å². The second-order valence-corrected chi connectivity index (χ2v) is 14.3. The fraction of sp³-hybridized carbons (Fsp3) is 0.188. The van der Waals surface area contributed by atoms with Gasteiger partial charge in [-0.15, -0.1) is 22.7 Å². The first-order chi connectivity index (χ1) is 17.8. The van der Waals surface area contributed by atoms with E-state index < -0.39 is 7.92 Å². The first kappa shape index (κ1) is 25.7. The molecule has 0 amide bonds. The highest BCUT2D eigenvalue weighted by Crippen LogP contribution is 2.44. The first-order valence-corrected chi connectivity index (χ1v) is 15.6. The van der Waals surface area contributed by atoms with Crippen molar-refractivity contribution in [2.24, 2.45) is 0 Å². The summed E-state index contributed by atoms with van der Waals surface area (Å²) in [4.78, 5) is 0. The number of aryl methyl sites for hydroxylation is 6. The van der Waals surface area contributed by atoms with Gasteiger partial charge in [-0.3, -0.25) is 0 Å². The zero-order valence-electron chi connectivity index (χ0n) is 22.3. The Morgan fingerprint density at radius 1 is 0.541 bits per heavy atom. The molecule has 5 rings (SSSR count). The summed E-state index contributed by atoms with van der Waals surface area (Å²) in [6, 6.07) is 24.5. The van der Waals surface area contributed by atoms with Crippen molar-refractivity contribution in [2.75, 3.05) is 10.6 Å². The molecule has 5 heteroatoms. The minimum Gasteiger partial charge on any atom is -0.354 e. The lowest BCUT2D eigenvalue weighted by molar-refractivity contribution is 1.31. The van der Waals surface area contributed by atoms with Gasteiger partial charge in [0.2, 0.25) is 0 Å². The van der Waals surface area contributed by atoms with E-state index in [1.54, 1.807) is 0 Å². The lowest BCUT2D eigenvalue weighted by Crippen LogP contribution is -2.20. The summed E-state index contributed by atoms with van der Waals surface area (Å²) in [6.45, 7) is 13.1. The highest BCUT2D eigenvalue weighted by molar-refractivity contribution is 7.88. The monoisotopic (exact) mass is 540 g/mol. The number of rotatable bonds is 7. The molecular formula is C32H33N2PS2. The normalized spacial score (nSPS) is 11.2. The van der Waals surface area contributed by atoms with Crippen LogP contribution in [0.25, 0.3) is 0 Å². The van der Waals surface area contributed by atoms with Gasteiger partial charge in [0.1, 0.15) is 0 Å². The van der Waals surface area contributed by atoms with Gasteiger partial charge in [0, 0.05) is 19.3 Å². The van der Waals surface area contributed by atoms with Crippen LogP contribution in [0.3, 0.4) is 0 Å². The topological polar surface area (TPSA) is 24.1 Å².